The Labute approximate surface area is 100.0 Å². The number of anilines is 2. The highest BCUT2D eigenvalue weighted by molar-refractivity contribution is 6.31. The van der Waals surface area contributed by atoms with Crippen molar-refractivity contribution in [2.75, 3.05) is 17.6 Å². The summed E-state index contributed by atoms with van der Waals surface area (Å²) in [5.41, 5.74) is 6.91. The zero-order valence-corrected chi connectivity index (χ0v) is 9.86. The second-order valence-corrected chi connectivity index (χ2v) is 4.79. The van der Waals surface area contributed by atoms with Gasteiger partial charge in [0.25, 0.3) is 0 Å². The van der Waals surface area contributed by atoms with Crippen molar-refractivity contribution in [1.29, 1.82) is 0 Å². The van der Waals surface area contributed by atoms with Crippen LogP contribution >= 0.6 is 11.6 Å². The van der Waals surface area contributed by atoms with E-state index in [1.807, 2.05) is 0 Å². The average Bonchev–Trinajstić information content (AvgIpc) is 2.74. The van der Waals surface area contributed by atoms with E-state index in [0.29, 0.717) is 17.3 Å². The third-order valence-electron chi connectivity index (χ3n) is 3.15. The van der Waals surface area contributed by atoms with Crippen molar-refractivity contribution < 1.29 is 4.39 Å². The van der Waals surface area contributed by atoms with Gasteiger partial charge in [-0.15, -0.1) is 0 Å². The van der Waals surface area contributed by atoms with Crippen LogP contribution in [-0.2, 0) is 0 Å². The van der Waals surface area contributed by atoms with Gasteiger partial charge in [-0.25, -0.2) is 4.39 Å². The molecule has 1 saturated carbocycles. The molecule has 0 aliphatic heterocycles. The van der Waals surface area contributed by atoms with Crippen molar-refractivity contribution in [3.8, 4) is 0 Å². The quantitative estimate of drug-likeness (QED) is 0.794. The van der Waals surface area contributed by atoms with E-state index in [-0.39, 0.29) is 5.02 Å². The van der Waals surface area contributed by atoms with Gasteiger partial charge in [-0.05, 0) is 24.8 Å². The summed E-state index contributed by atoms with van der Waals surface area (Å²) in [7, 11) is 0. The Morgan fingerprint density at radius 1 is 1.38 bits per heavy atom. The van der Waals surface area contributed by atoms with Gasteiger partial charge >= 0.3 is 0 Å². The van der Waals surface area contributed by atoms with Crippen molar-refractivity contribution in [2.24, 2.45) is 5.92 Å². The number of hydrogen-bond donors (Lipinski definition) is 2. The van der Waals surface area contributed by atoms with E-state index >= 15 is 0 Å². The van der Waals surface area contributed by atoms with E-state index in [1.165, 1.54) is 37.8 Å². The monoisotopic (exact) mass is 242 g/mol. The molecule has 0 aromatic heterocycles. The summed E-state index contributed by atoms with van der Waals surface area (Å²) < 4.78 is 13.2. The standard InChI is InChI=1S/C12H16ClFN2/c13-9-5-11(15)12(6-10(9)14)16-7-8-3-1-2-4-8/h5-6,8,16H,1-4,7,15H2. The van der Waals surface area contributed by atoms with Crippen LogP contribution in [0.4, 0.5) is 15.8 Å². The first-order valence-electron chi connectivity index (χ1n) is 5.65. The SMILES string of the molecule is Nc1cc(Cl)c(F)cc1NCC1CCCC1. The lowest BCUT2D eigenvalue weighted by molar-refractivity contribution is 0.579. The lowest BCUT2D eigenvalue weighted by Gasteiger charge is -2.14. The first-order valence-corrected chi connectivity index (χ1v) is 6.03. The molecule has 0 atom stereocenters. The molecule has 2 rings (SSSR count). The van der Waals surface area contributed by atoms with Crippen LogP contribution < -0.4 is 11.1 Å². The third-order valence-corrected chi connectivity index (χ3v) is 3.44. The molecule has 0 heterocycles. The minimum Gasteiger partial charge on any atom is -0.397 e. The Balaban J connectivity index is 2.00. The molecule has 1 aromatic carbocycles. The Hall–Kier alpha value is -0.960. The van der Waals surface area contributed by atoms with Crippen LogP contribution in [-0.4, -0.2) is 6.54 Å². The van der Waals surface area contributed by atoms with Crippen LogP contribution in [0.3, 0.4) is 0 Å². The van der Waals surface area contributed by atoms with Gasteiger partial charge in [0.15, 0.2) is 0 Å². The van der Waals surface area contributed by atoms with Crippen LogP contribution in [0.1, 0.15) is 25.7 Å². The summed E-state index contributed by atoms with van der Waals surface area (Å²) >= 11 is 5.63. The Morgan fingerprint density at radius 3 is 2.75 bits per heavy atom. The van der Waals surface area contributed by atoms with Gasteiger partial charge in [-0.1, -0.05) is 24.4 Å². The van der Waals surface area contributed by atoms with E-state index < -0.39 is 5.82 Å². The summed E-state index contributed by atoms with van der Waals surface area (Å²) in [4.78, 5) is 0. The molecule has 16 heavy (non-hydrogen) atoms. The molecule has 0 radical (unpaired) electrons. The maximum absolute atomic E-state index is 13.2. The van der Waals surface area contributed by atoms with Crippen molar-refractivity contribution >= 4 is 23.0 Å². The van der Waals surface area contributed by atoms with E-state index in [0.717, 1.165) is 6.54 Å². The highest BCUT2D eigenvalue weighted by Gasteiger charge is 2.15. The first-order chi connectivity index (χ1) is 7.66. The molecule has 88 valence electrons. The van der Waals surface area contributed by atoms with Gasteiger partial charge < -0.3 is 11.1 Å². The molecule has 0 saturated heterocycles. The molecule has 4 heteroatoms. The lowest BCUT2D eigenvalue weighted by atomic mass is 10.1. The van der Waals surface area contributed by atoms with E-state index in [2.05, 4.69) is 5.32 Å². The zero-order chi connectivity index (χ0) is 11.5. The van der Waals surface area contributed by atoms with Gasteiger partial charge in [0.1, 0.15) is 5.82 Å². The van der Waals surface area contributed by atoms with Gasteiger partial charge in [0.2, 0.25) is 0 Å². The van der Waals surface area contributed by atoms with Crippen LogP contribution in [0, 0.1) is 11.7 Å². The molecular weight excluding hydrogens is 227 g/mol. The summed E-state index contributed by atoms with van der Waals surface area (Å²) in [6, 6.07) is 2.82. The molecule has 1 aromatic rings. The fourth-order valence-electron chi connectivity index (χ4n) is 2.18. The van der Waals surface area contributed by atoms with Gasteiger partial charge in [-0.2, -0.15) is 0 Å². The van der Waals surface area contributed by atoms with Crippen LogP contribution in [0.2, 0.25) is 5.02 Å². The molecule has 0 amide bonds. The van der Waals surface area contributed by atoms with Crippen molar-refractivity contribution in [3.05, 3.63) is 23.0 Å². The summed E-state index contributed by atoms with van der Waals surface area (Å²) in [5, 5.41) is 3.27. The molecule has 1 aliphatic rings. The highest BCUT2D eigenvalue weighted by atomic mass is 35.5. The molecule has 1 fully saturated rings. The average molecular weight is 243 g/mol. The topological polar surface area (TPSA) is 38.0 Å². The van der Waals surface area contributed by atoms with Crippen molar-refractivity contribution in [1.82, 2.24) is 0 Å². The smallest absolute Gasteiger partial charge is 0.143 e. The molecule has 0 spiro atoms. The number of nitrogens with one attached hydrogen (secondary N) is 1. The fourth-order valence-corrected chi connectivity index (χ4v) is 2.36. The van der Waals surface area contributed by atoms with Crippen LogP contribution in [0.5, 0.6) is 0 Å². The number of halogens is 2. The van der Waals surface area contributed by atoms with Crippen LogP contribution in [0.25, 0.3) is 0 Å². The predicted octanol–water partition coefficient (Wildman–Crippen LogP) is 3.66. The van der Waals surface area contributed by atoms with Crippen molar-refractivity contribution in [2.45, 2.75) is 25.7 Å². The Morgan fingerprint density at radius 2 is 2.06 bits per heavy atom. The van der Waals surface area contributed by atoms with Crippen LogP contribution in [0.15, 0.2) is 12.1 Å². The molecule has 3 N–H and O–H groups in total. The molecule has 2 nitrogen and oxygen atoms in total. The molecule has 0 bridgehead atoms. The summed E-state index contributed by atoms with van der Waals surface area (Å²) in [5.74, 6) is 0.267. The second kappa shape index (κ2) is 4.91. The number of benzene rings is 1. The fraction of sp³-hybridized carbons (Fsp3) is 0.500. The largest absolute Gasteiger partial charge is 0.397 e. The molecular formula is C12H16ClFN2. The molecule has 0 unspecified atom stereocenters. The van der Waals surface area contributed by atoms with E-state index in [9.17, 15) is 4.39 Å². The maximum Gasteiger partial charge on any atom is 0.143 e. The number of nitrogen functional groups attached to an aromatic ring is 1. The van der Waals surface area contributed by atoms with Crippen molar-refractivity contribution in [3.63, 3.8) is 0 Å². The van der Waals surface area contributed by atoms with Gasteiger partial charge in [-0.3, -0.25) is 0 Å². The Kier molecular flexibility index (Phi) is 3.54. The second-order valence-electron chi connectivity index (χ2n) is 4.38. The van der Waals surface area contributed by atoms with Gasteiger partial charge in [0, 0.05) is 12.6 Å². The number of hydrogen-bond acceptors (Lipinski definition) is 2. The lowest BCUT2D eigenvalue weighted by Crippen LogP contribution is -2.12. The highest BCUT2D eigenvalue weighted by Crippen LogP contribution is 2.28. The number of rotatable bonds is 3. The Bertz CT molecular complexity index is 376. The number of nitrogens with two attached hydrogens (primary N) is 1. The summed E-state index contributed by atoms with van der Waals surface area (Å²) in [6.45, 7) is 0.866. The third kappa shape index (κ3) is 2.59. The minimum absolute atomic E-state index is 0.0731. The van der Waals surface area contributed by atoms with E-state index in [4.69, 9.17) is 17.3 Å². The summed E-state index contributed by atoms with van der Waals surface area (Å²) in [6.07, 6.45) is 5.11. The molecule has 1 aliphatic carbocycles. The first kappa shape index (κ1) is 11.5. The van der Waals surface area contributed by atoms with Gasteiger partial charge in [0.05, 0.1) is 16.4 Å². The normalized spacial score (nSPS) is 16.6. The van der Waals surface area contributed by atoms with E-state index in [1.54, 1.807) is 0 Å². The minimum atomic E-state index is -0.426. The predicted molar refractivity (Wildman–Crippen MR) is 66.3 cm³/mol. The maximum atomic E-state index is 13.2. The zero-order valence-electron chi connectivity index (χ0n) is 9.10.